The van der Waals surface area contributed by atoms with Crippen LogP contribution in [0.5, 0.6) is 0 Å². The van der Waals surface area contributed by atoms with Gasteiger partial charge in [0, 0.05) is 6.54 Å². The Morgan fingerprint density at radius 3 is 2.52 bits per heavy atom. The number of nitrogens with one attached hydrogen (secondary N) is 1. The fraction of sp³-hybridized carbons (Fsp3) is 0.588. The molecule has 1 aliphatic heterocycles. The van der Waals surface area contributed by atoms with Crippen molar-refractivity contribution in [3.05, 3.63) is 35.6 Å². The summed E-state index contributed by atoms with van der Waals surface area (Å²) >= 11 is 0. The van der Waals surface area contributed by atoms with E-state index in [0.717, 1.165) is 12.1 Å². The highest BCUT2D eigenvalue weighted by Crippen LogP contribution is 2.40. The van der Waals surface area contributed by atoms with Gasteiger partial charge in [-0.15, -0.1) is 0 Å². The normalized spacial score (nSPS) is 28.3. The van der Waals surface area contributed by atoms with Crippen LogP contribution in [0.1, 0.15) is 51.3 Å². The van der Waals surface area contributed by atoms with E-state index in [9.17, 15) is 9.18 Å². The summed E-state index contributed by atoms with van der Waals surface area (Å²) in [4.78, 5) is 14.4. The van der Waals surface area contributed by atoms with E-state index in [1.54, 1.807) is 12.1 Å². The van der Waals surface area contributed by atoms with Crippen LogP contribution >= 0.6 is 0 Å². The standard InChI is InChI=1S/C17H23FN2O/c1-12-16(21)20(11-17(2)9-3-4-10-17)15(19-12)13-5-7-14(18)8-6-13/h5-8,12,15,19H,3-4,9-11H2,1-2H3. The van der Waals surface area contributed by atoms with Gasteiger partial charge in [-0.3, -0.25) is 10.1 Å². The summed E-state index contributed by atoms with van der Waals surface area (Å²) in [6.45, 7) is 4.96. The molecule has 1 saturated heterocycles. The van der Waals surface area contributed by atoms with Crippen molar-refractivity contribution in [1.82, 2.24) is 10.2 Å². The molecular weight excluding hydrogens is 267 g/mol. The van der Waals surface area contributed by atoms with Gasteiger partial charge < -0.3 is 4.90 Å². The molecule has 1 heterocycles. The number of amides is 1. The topological polar surface area (TPSA) is 32.3 Å². The van der Waals surface area contributed by atoms with Crippen LogP contribution in [0.3, 0.4) is 0 Å². The predicted molar refractivity (Wildman–Crippen MR) is 80.0 cm³/mol. The molecular formula is C17H23FN2O. The molecule has 3 rings (SSSR count). The molecule has 3 nitrogen and oxygen atoms in total. The van der Waals surface area contributed by atoms with E-state index in [0.29, 0.717) is 0 Å². The van der Waals surface area contributed by atoms with E-state index in [2.05, 4.69) is 12.2 Å². The summed E-state index contributed by atoms with van der Waals surface area (Å²) in [5.41, 5.74) is 1.18. The molecule has 1 aliphatic carbocycles. The Bertz CT molecular complexity index is 522. The van der Waals surface area contributed by atoms with E-state index in [-0.39, 0.29) is 29.3 Å². The lowest BCUT2D eigenvalue weighted by Crippen LogP contribution is -2.38. The van der Waals surface area contributed by atoms with Crippen LogP contribution in [0.4, 0.5) is 4.39 Å². The maximum atomic E-state index is 13.1. The molecule has 2 atom stereocenters. The fourth-order valence-corrected chi connectivity index (χ4v) is 3.66. The summed E-state index contributed by atoms with van der Waals surface area (Å²) < 4.78 is 13.1. The van der Waals surface area contributed by atoms with E-state index in [4.69, 9.17) is 0 Å². The fourth-order valence-electron chi connectivity index (χ4n) is 3.66. The van der Waals surface area contributed by atoms with E-state index in [1.807, 2.05) is 11.8 Å². The molecule has 2 aliphatic rings. The van der Waals surface area contributed by atoms with Crippen LogP contribution in [0.15, 0.2) is 24.3 Å². The molecule has 0 aromatic heterocycles. The third-order valence-corrected chi connectivity index (χ3v) is 4.92. The first-order valence-corrected chi connectivity index (χ1v) is 7.81. The number of hydrogen-bond donors (Lipinski definition) is 1. The maximum absolute atomic E-state index is 13.1. The largest absolute Gasteiger partial charge is 0.321 e. The van der Waals surface area contributed by atoms with Gasteiger partial charge in [0.2, 0.25) is 5.91 Å². The number of carbonyl (C=O) groups is 1. The minimum Gasteiger partial charge on any atom is -0.321 e. The summed E-state index contributed by atoms with van der Waals surface area (Å²) in [7, 11) is 0. The average Bonchev–Trinajstić information content (AvgIpc) is 2.99. The van der Waals surface area contributed by atoms with Crippen LogP contribution in [-0.4, -0.2) is 23.4 Å². The smallest absolute Gasteiger partial charge is 0.241 e. The third kappa shape index (κ3) is 2.82. The van der Waals surface area contributed by atoms with Crippen LogP contribution in [0.2, 0.25) is 0 Å². The van der Waals surface area contributed by atoms with Gasteiger partial charge in [-0.1, -0.05) is 31.9 Å². The monoisotopic (exact) mass is 290 g/mol. The summed E-state index contributed by atoms with van der Waals surface area (Å²) in [5.74, 6) is -0.0946. The number of benzene rings is 1. The molecule has 1 aromatic carbocycles. The minimum atomic E-state index is -0.245. The van der Waals surface area contributed by atoms with Crippen LogP contribution < -0.4 is 5.32 Å². The van der Waals surface area contributed by atoms with Gasteiger partial charge in [-0.2, -0.15) is 0 Å². The number of rotatable bonds is 3. The Labute approximate surface area is 125 Å². The Balaban J connectivity index is 1.84. The third-order valence-electron chi connectivity index (χ3n) is 4.92. The average molecular weight is 290 g/mol. The number of hydrogen-bond acceptors (Lipinski definition) is 2. The first-order chi connectivity index (χ1) is 9.98. The Morgan fingerprint density at radius 2 is 1.90 bits per heavy atom. The molecule has 1 saturated carbocycles. The molecule has 0 bridgehead atoms. The lowest BCUT2D eigenvalue weighted by atomic mass is 9.88. The summed E-state index contributed by atoms with van der Waals surface area (Å²) in [6.07, 6.45) is 4.74. The SMILES string of the molecule is CC1NC(c2ccc(F)cc2)N(CC2(C)CCCC2)C1=O. The molecule has 2 unspecified atom stereocenters. The quantitative estimate of drug-likeness (QED) is 0.927. The van der Waals surface area contributed by atoms with Crippen LogP contribution in [0.25, 0.3) is 0 Å². The zero-order chi connectivity index (χ0) is 15.0. The Hall–Kier alpha value is -1.42. The van der Waals surface area contributed by atoms with E-state index in [1.165, 1.54) is 37.8 Å². The van der Waals surface area contributed by atoms with E-state index >= 15 is 0 Å². The number of carbonyl (C=O) groups excluding carboxylic acids is 1. The first kappa shape index (κ1) is 14.5. The van der Waals surface area contributed by atoms with Crippen molar-refractivity contribution in [2.24, 2.45) is 5.41 Å². The van der Waals surface area contributed by atoms with Gasteiger partial charge in [0.25, 0.3) is 0 Å². The summed E-state index contributed by atoms with van der Waals surface area (Å²) in [5, 5.41) is 3.33. The van der Waals surface area contributed by atoms with Crippen LogP contribution in [0, 0.1) is 11.2 Å². The van der Waals surface area contributed by atoms with Crippen molar-refractivity contribution in [2.75, 3.05) is 6.54 Å². The zero-order valence-electron chi connectivity index (χ0n) is 12.7. The zero-order valence-corrected chi connectivity index (χ0v) is 12.7. The molecule has 1 amide bonds. The minimum absolute atomic E-state index is 0.134. The lowest BCUT2D eigenvalue weighted by Gasteiger charge is -2.33. The second kappa shape index (κ2) is 5.41. The van der Waals surface area contributed by atoms with Gasteiger partial charge >= 0.3 is 0 Å². The molecule has 4 heteroatoms. The number of nitrogens with zero attached hydrogens (tertiary/aromatic N) is 1. The molecule has 1 N–H and O–H groups in total. The van der Waals surface area contributed by atoms with Gasteiger partial charge in [0.05, 0.1) is 6.04 Å². The van der Waals surface area contributed by atoms with Gasteiger partial charge in [-0.25, -0.2) is 4.39 Å². The van der Waals surface area contributed by atoms with Gasteiger partial charge in [-0.05, 0) is 42.9 Å². The van der Waals surface area contributed by atoms with Crippen LogP contribution in [-0.2, 0) is 4.79 Å². The van der Waals surface area contributed by atoms with Crippen molar-refractivity contribution in [2.45, 2.75) is 51.7 Å². The highest BCUT2D eigenvalue weighted by Gasteiger charge is 2.41. The van der Waals surface area contributed by atoms with Crippen molar-refractivity contribution in [1.29, 1.82) is 0 Å². The second-order valence-corrected chi connectivity index (χ2v) is 6.83. The highest BCUT2D eigenvalue weighted by atomic mass is 19.1. The maximum Gasteiger partial charge on any atom is 0.241 e. The second-order valence-electron chi connectivity index (χ2n) is 6.83. The van der Waals surface area contributed by atoms with Crippen molar-refractivity contribution < 1.29 is 9.18 Å². The van der Waals surface area contributed by atoms with Crippen molar-refractivity contribution >= 4 is 5.91 Å². The molecule has 21 heavy (non-hydrogen) atoms. The Morgan fingerprint density at radius 1 is 1.29 bits per heavy atom. The van der Waals surface area contributed by atoms with Gasteiger partial charge in [0.1, 0.15) is 12.0 Å². The predicted octanol–water partition coefficient (Wildman–Crippen LogP) is 3.22. The van der Waals surface area contributed by atoms with E-state index < -0.39 is 0 Å². The molecule has 0 radical (unpaired) electrons. The van der Waals surface area contributed by atoms with Crippen molar-refractivity contribution in [3.63, 3.8) is 0 Å². The molecule has 114 valence electrons. The highest BCUT2D eigenvalue weighted by molar-refractivity contribution is 5.84. The molecule has 0 spiro atoms. The van der Waals surface area contributed by atoms with Gasteiger partial charge in [0.15, 0.2) is 0 Å². The molecule has 2 fully saturated rings. The van der Waals surface area contributed by atoms with Crippen molar-refractivity contribution in [3.8, 4) is 0 Å². The Kier molecular flexibility index (Phi) is 3.74. The summed E-state index contributed by atoms with van der Waals surface area (Å²) in [6, 6.07) is 6.27. The lowest BCUT2D eigenvalue weighted by molar-refractivity contribution is -0.131. The first-order valence-electron chi connectivity index (χ1n) is 7.81. The molecule has 1 aromatic rings. The number of halogens is 1.